The van der Waals surface area contributed by atoms with E-state index in [1.54, 1.807) is 19.1 Å². The summed E-state index contributed by atoms with van der Waals surface area (Å²) in [5, 5.41) is 0. The molecule has 0 aliphatic heterocycles. The fourth-order valence-electron chi connectivity index (χ4n) is 2.09. The van der Waals surface area contributed by atoms with Crippen molar-refractivity contribution in [1.29, 1.82) is 0 Å². The zero-order valence-corrected chi connectivity index (χ0v) is 14.7. The number of Topliss-reactive ketones (excluding diaryl/α,β-unsaturated/α-hetero) is 1. The Kier molecular flexibility index (Phi) is 7.79. The van der Waals surface area contributed by atoms with Crippen LogP contribution in [-0.4, -0.2) is 24.0 Å². The number of carbonyl (C=O) groups excluding carboxylic acids is 2. The van der Waals surface area contributed by atoms with Crippen molar-refractivity contribution in [3.05, 3.63) is 29.8 Å². The molecule has 0 radical (unpaired) electrons. The van der Waals surface area contributed by atoms with Gasteiger partial charge in [-0.15, -0.1) is 0 Å². The maximum absolute atomic E-state index is 11.5. The summed E-state index contributed by atoms with van der Waals surface area (Å²) in [6.45, 7) is 7.83. The van der Waals surface area contributed by atoms with E-state index in [2.05, 4.69) is 0 Å². The lowest BCUT2D eigenvalue weighted by Gasteiger charge is -2.19. The number of rotatable bonds is 9. The molecule has 0 saturated heterocycles. The molecule has 4 nitrogen and oxygen atoms in total. The molecule has 1 aromatic carbocycles. The molecule has 0 heterocycles. The van der Waals surface area contributed by atoms with Crippen molar-refractivity contribution in [1.82, 2.24) is 0 Å². The van der Waals surface area contributed by atoms with Crippen molar-refractivity contribution in [3.8, 4) is 5.75 Å². The van der Waals surface area contributed by atoms with E-state index in [9.17, 15) is 9.59 Å². The topological polar surface area (TPSA) is 52.6 Å². The van der Waals surface area contributed by atoms with Gasteiger partial charge in [-0.05, 0) is 64.8 Å². The number of hydrogen-bond donors (Lipinski definition) is 0. The number of esters is 1. The average molecular weight is 320 g/mol. The minimum absolute atomic E-state index is 0.0570. The van der Waals surface area contributed by atoms with Gasteiger partial charge < -0.3 is 9.47 Å². The predicted molar refractivity (Wildman–Crippen MR) is 90.9 cm³/mol. The molecule has 0 bridgehead atoms. The first-order valence-electron chi connectivity index (χ1n) is 8.23. The van der Waals surface area contributed by atoms with E-state index < -0.39 is 5.60 Å². The van der Waals surface area contributed by atoms with Gasteiger partial charge in [-0.2, -0.15) is 0 Å². The Morgan fingerprint density at radius 3 is 2.13 bits per heavy atom. The summed E-state index contributed by atoms with van der Waals surface area (Å²) in [4.78, 5) is 22.7. The molecule has 128 valence electrons. The summed E-state index contributed by atoms with van der Waals surface area (Å²) in [5.74, 6) is 0.713. The molecule has 0 spiro atoms. The highest BCUT2D eigenvalue weighted by atomic mass is 16.6. The van der Waals surface area contributed by atoms with Gasteiger partial charge in [-0.1, -0.05) is 12.8 Å². The van der Waals surface area contributed by atoms with Crippen molar-refractivity contribution in [3.63, 3.8) is 0 Å². The molecule has 0 N–H and O–H groups in total. The van der Waals surface area contributed by atoms with E-state index in [0.717, 1.165) is 31.4 Å². The van der Waals surface area contributed by atoms with Crippen molar-refractivity contribution >= 4 is 11.8 Å². The zero-order valence-electron chi connectivity index (χ0n) is 14.7. The SMILES string of the molecule is CC(=O)c1ccc(OCCCCCCC(=O)OC(C)(C)C)cc1. The molecule has 0 amide bonds. The molecule has 4 heteroatoms. The molecule has 0 fully saturated rings. The van der Waals surface area contributed by atoms with Gasteiger partial charge in [0.2, 0.25) is 0 Å². The van der Waals surface area contributed by atoms with E-state index in [4.69, 9.17) is 9.47 Å². The van der Waals surface area contributed by atoms with Crippen molar-refractivity contribution in [2.45, 2.75) is 65.4 Å². The third kappa shape index (κ3) is 9.01. The maximum atomic E-state index is 11.5. The van der Waals surface area contributed by atoms with Crippen LogP contribution in [0.3, 0.4) is 0 Å². The van der Waals surface area contributed by atoms with E-state index in [-0.39, 0.29) is 11.8 Å². The molecule has 0 aliphatic rings. The highest BCUT2D eigenvalue weighted by Gasteiger charge is 2.15. The van der Waals surface area contributed by atoms with Gasteiger partial charge >= 0.3 is 5.97 Å². The van der Waals surface area contributed by atoms with Crippen molar-refractivity contribution < 1.29 is 19.1 Å². The van der Waals surface area contributed by atoms with Crippen LogP contribution in [0, 0.1) is 0 Å². The van der Waals surface area contributed by atoms with Crippen LogP contribution in [0.5, 0.6) is 5.75 Å². The van der Waals surface area contributed by atoms with Crippen LogP contribution in [0.1, 0.15) is 70.2 Å². The first kappa shape index (κ1) is 19.2. The summed E-state index contributed by atoms with van der Waals surface area (Å²) >= 11 is 0. The molecule has 1 aromatic rings. The normalized spacial score (nSPS) is 11.1. The molecule has 0 atom stereocenters. The van der Waals surface area contributed by atoms with Crippen LogP contribution in [0.15, 0.2) is 24.3 Å². The highest BCUT2D eigenvalue weighted by Crippen LogP contribution is 2.14. The fourth-order valence-corrected chi connectivity index (χ4v) is 2.09. The number of carbonyl (C=O) groups is 2. The second kappa shape index (κ2) is 9.33. The molecule has 0 aromatic heterocycles. The van der Waals surface area contributed by atoms with Gasteiger partial charge in [0.05, 0.1) is 6.61 Å². The Morgan fingerprint density at radius 2 is 1.57 bits per heavy atom. The lowest BCUT2D eigenvalue weighted by Crippen LogP contribution is -2.23. The van der Waals surface area contributed by atoms with Gasteiger partial charge in [0.25, 0.3) is 0 Å². The predicted octanol–water partition coefficient (Wildman–Crippen LogP) is 4.56. The Morgan fingerprint density at radius 1 is 0.957 bits per heavy atom. The Hall–Kier alpha value is -1.84. The summed E-state index contributed by atoms with van der Waals surface area (Å²) in [5.41, 5.74) is 0.294. The third-order valence-corrected chi connectivity index (χ3v) is 3.22. The van der Waals surface area contributed by atoms with Crippen LogP contribution < -0.4 is 4.74 Å². The number of ether oxygens (including phenoxy) is 2. The maximum Gasteiger partial charge on any atom is 0.306 e. The van der Waals surface area contributed by atoms with E-state index in [1.807, 2.05) is 32.9 Å². The molecule has 0 unspecified atom stereocenters. The third-order valence-electron chi connectivity index (χ3n) is 3.22. The summed E-state index contributed by atoms with van der Waals surface area (Å²) < 4.78 is 10.9. The van der Waals surface area contributed by atoms with Gasteiger partial charge in [0, 0.05) is 12.0 Å². The number of hydrogen-bond acceptors (Lipinski definition) is 4. The number of benzene rings is 1. The molecule has 0 aliphatic carbocycles. The van der Waals surface area contributed by atoms with E-state index in [1.165, 1.54) is 0 Å². The van der Waals surface area contributed by atoms with Crippen LogP contribution in [0.2, 0.25) is 0 Å². The Bertz CT molecular complexity index is 497. The number of unbranched alkanes of at least 4 members (excludes halogenated alkanes) is 3. The highest BCUT2D eigenvalue weighted by molar-refractivity contribution is 5.94. The smallest absolute Gasteiger partial charge is 0.306 e. The fraction of sp³-hybridized carbons (Fsp3) is 0.579. The minimum Gasteiger partial charge on any atom is -0.494 e. The van der Waals surface area contributed by atoms with E-state index >= 15 is 0 Å². The lowest BCUT2D eigenvalue weighted by atomic mass is 10.1. The largest absolute Gasteiger partial charge is 0.494 e. The second-order valence-electron chi connectivity index (χ2n) is 6.68. The Balaban J connectivity index is 2.07. The minimum atomic E-state index is -0.400. The van der Waals surface area contributed by atoms with Gasteiger partial charge in [0.15, 0.2) is 5.78 Å². The Labute approximate surface area is 139 Å². The summed E-state index contributed by atoms with van der Waals surface area (Å²) in [6, 6.07) is 7.19. The van der Waals surface area contributed by atoms with Crippen molar-refractivity contribution in [2.24, 2.45) is 0 Å². The van der Waals surface area contributed by atoms with Gasteiger partial charge in [0.1, 0.15) is 11.4 Å². The van der Waals surface area contributed by atoms with Crippen LogP contribution in [-0.2, 0) is 9.53 Å². The molecule has 23 heavy (non-hydrogen) atoms. The number of ketones is 1. The van der Waals surface area contributed by atoms with E-state index in [0.29, 0.717) is 18.6 Å². The molecule has 1 rings (SSSR count). The molecular formula is C19H28O4. The van der Waals surface area contributed by atoms with Gasteiger partial charge in [-0.3, -0.25) is 9.59 Å². The zero-order chi connectivity index (χ0) is 17.3. The second-order valence-corrected chi connectivity index (χ2v) is 6.68. The first-order chi connectivity index (χ1) is 10.8. The molecule has 0 saturated carbocycles. The van der Waals surface area contributed by atoms with Crippen LogP contribution >= 0.6 is 0 Å². The lowest BCUT2D eigenvalue weighted by molar-refractivity contribution is -0.154. The van der Waals surface area contributed by atoms with Gasteiger partial charge in [-0.25, -0.2) is 0 Å². The van der Waals surface area contributed by atoms with Crippen molar-refractivity contribution in [2.75, 3.05) is 6.61 Å². The quantitative estimate of drug-likeness (QED) is 0.380. The molecular weight excluding hydrogens is 292 g/mol. The first-order valence-corrected chi connectivity index (χ1v) is 8.23. The monoisotopic (exact) mass is 320 g/mol. The standard InChI is InChI=1S/C19H28O4/c1-15(20)16-10-12-17(13-11-16)22-14-8-6-5-7-9-18(21)23-19(2,3)4/h10-13H,5-9,14H2,1-4H3. The summed E-state index contributed by atoms with van der Waals surface area (Å²) in [7, 11) is 0. The summed E-state index contributed by atoms with van der Waals surface area (Å²) in [6.07, 6.45) is 4.29. The average Bonchev–Trinajstić information content (AvgIpc) is 2.45. The van der Waals surface area contributed by atoms with Crippen LogP contribution in [0.4, 0.5) is 0 Å². The van der Waals surface area contributed by atoms with Crippen LogP contribution in [0.25, 0.3) is 0 Å².